The minimum atomic E-state index is -0.337. The summed E-state index contributed by atoms with van der Waals surface area (Å²) < 4.78 is 18.7. The normalized spacial score (nSPS) is 22.2. The van der Waals surface area contributed by atoms with Gasteiger partial charge >= 0.3 is 5.97 Å². The fraction of sp³-hybridized carbons (Fsp3) is 0.364. The summed E-state index contributed by atoms with van der Waals surface area (Å²) in [6.07, 6.45) is 3.51. The van der Waals surface area contributed by atoms with Crippen LogP contribution in [0.25, 0.3) is 5.57 Å². The van der Waals surface area contributed by atoms with E-state index in [1.54, 1.807) is 24.5 Å². The molecule has 1 aromatic carbocycles. The molecule has 1 aromatic heterocycles. The van der Waals surface area contributed by atoms with Crippen LogP contribution in [0.1, 0.15) is 24.1 Å². The van der Waals surface area contributed by atoms with Gasteiger partial charge in [-0.25, -0.2) is 9.82 Å². The molecule has 2 unspecified atom stereocenters. The maximum atomic E-state index is 13.5. The number of hydrazine groups is 1. The van der Waals surface area contributed by atoms with E-state index in [1.807, 2.05) is 31.0 Å². The van der Waals surface area contributed by atoms with Gasteiger partial charge in [-0.1, -0.05) is 12.1 Å². The van der Waals surface area contributed by atoms with Crippen LogP contribution in [0.15, 0.2) is 54.6 Å². The fourth-order valence-electron chi connectivity index (χ4n) is 3.98. The molecular formula is C22H26FN5O2. The lowest BCUT2D eigenvalue weighted by Gasteiger charge is -2.39. The van der Waals surface area contributed by atoms with Crippen molar-refractivity contribution in [2.75, 3.05) is 33.3 Å². The van der Waals surface area contributed by atoms with Crippen LogP contribution in [0.5, 0.6) is 0 Å². The molecule has 0 aliphatic carbocycles. The van der Waals surface area contributed by atoms with Crippen LogP contribution in [0.2, 0.25) is 0 Å². The smallest absolute Gasteiger partial charge is 0.325 e. The topological polar surface area (TPSA) is 69.7 Å². The second-order valence-corrected chi connectivity index (χ2v) is 7.45. The van der Waals surface area contributed by atoms with E-state index < -0.39 is 0 Å². The van der Waals surface area contributed by atoms with Crippen molar-refractivity contribution in [1.29, 1.82) is 0 Å². The molecular weight excluding hydrogens is 385 g/mol. The number of carbonyl (C=O) groups is 1. The summed E-state index contributed by atoms with van der Waals surface area (Å²) >= 11 is 0. The number of piperazine rings is 1. The molecule has 0 bridgehead atoms. The Morgan fingerprint density at radius 3 is 2.63 bits per heavy atom. The molecule has 4 rings (SSSR count). The van der Waals surface area contributed by atoms with E-state index in [-0.39, 0.29) is 23.9 Å². The predicted molar refractivity (Wildman–Crippen MR) is 111 cm³/mol. The van der Waals surface area contributed by atoms with Gasteiger partial charge in [-0.05, 0) is 49.4 Å². The van der Waals surface area contributed by atoms with Crippen molar-refractivity contribution < 1.29 is 13.9 Å². The molecule has 158 valence electrons. The SMILES string of the molecule is CCOC(=O)C1CN(C2=C(c3ccncc3)C(c3ccc(F)cc3)NN2)CCN1C. The Labute approximate surface area is 175 Å². The van der Waals surface area contributed by atoms with Gasteiger partial charge < -0.3 is 15.1 Å². The molecule has 2 aliphatic rings. The summed E-state index contributed by atoms with van der Waals surface area (Å²) in [6.45, 7) is 4.20. The zero-order chi connectivity index (χ0) is 21.1. The molecule has 2 aliphatic heterocycles. The monoisotopic (exact) mass is 411 g/mol. The number of aromatic nitrogens is 1. The third kappa shape index (κ3) is 4.01. The van der Waals surface area contributed by atoms with E-state index in [0.29, 0.717) is 13.2 Å². The number of nitrogens with zero attached hydrogens (tertiary/aromatic N) is 3. The first-order valence-electron chi connectivity index (χ1n) is 10.1. The van der Waals surface area contributed by atoms with Gasteiger partial charge in [0.25, 0.3) is 0 Å². The van der Waals surface area contributed by atoms with Gasteiger partial charge in [0.2, 0.25) is 0 Å². The number of halogens is 1. The van der Waals surface area contributed by atoms with Crippen LogP contribution in [0.3, 0.4) is 0 Å². The molecule has 0 spiro atoms. The third-order valence-corrected chi connectivity index (χ3v) is 5.60. The standard InChI is InChI=1S/C22H26FN5O2/c1-3-30-22(29)18-14-28(13-12-27(18)2)21-19(15-8-10-24-11-9-15)20(25-26-21)16-4-6-17(23)7-5-16/h4-11,18,20,25-26H,3,12-14H2,1-2H3. The van der Waals surface area contributed by atoms with Crippen molar-refractivity contribution in [2.24, 2.45) is 0 Å². The Morgan fingerprint density at radius 2 is 1.93 bits per heavy atom. The highest BCUT2D eigenvalue weighted by molar-refractivity contribution is 5.77. The summed E-state index contributed by atoms with van der Waals surface area (Å²) in [6, 6.07) is 9.91. The molecule has 1 fully saturated rings. The molecule has 2 atom stereocenters. The molecule has 0 amide bonds. The lowest BCUT2D eigenvalue weighted by molar-refractivity contribution is -0.151. The van der Waals surface area contributed by atoms with Crippen molar-refractivity contribution >= 4 is 11.5 Å². The Morgan fingerprint density at radius 1 is 1.20 bits per heavy atom. The average molecular weight is 411 g/mol. The van der Waals surface area contributed by atoms with Crippen LogP contribution in [-0.4, -0.2) is 60.1 Å². The number of esters is 1. The minimum absolute atomic E-state index is 0.163. The van der Waals surface area contributed by atoms with Crippen molar-refractivity contribution in [3.63, 3.8) is 0 Å². The van der Waals surface area contributed by atoms with Gasteiger partial charge in [0.1, 0.15) is 17.7 Å². The van der Waals surface area contributed by atoms with E-state index >= 15 is 0 Å². The van der Waals surface area contributed by atoms with Gasteiger partial charge in [-0.3, -0.25) is 14.7 Å². The Kier molecular flexibility index (Phi) is 5.96. The predicted octanol–water partition coefficient (Wildman–Crippen LogP) is 1.92. The number of hydrogen-bond donors (Lipinski definition) is 2. The molecule has 2 aromatic rings. The zero-order valence-corrected chi connectivity index (χ0v) is 17.1. The molecule has 7 nitrogen and oxygen atoms in total. The number of likely N-dealkylation sites (N-methyl/N-ethyl adjacent to an activating group) is 1. The maximum absolute atomic E-state index is 13.5. The van der Waals surface area contributed by atoms with Crippen LogP contribution >= 0.6 is 0 Å². The van der Waals surface area contributed by atoms with Crippen molar-refractivity contribution in [1.82, 2.24) is 25.6 Å². The van der Waals surface area contributed by atoms with Gasteiger partial charge in [0.15, 0.2) is 0 Å². The Hall–Kier alpha value is -2.97. The number of hydrogen-bond acceptors (Lipinski definition) is 7. The quantitative estimate of drug-likeness (QED) is 0.729. The third-order valence-electron chi connectivity index (χ3n) is 5.60. The molecule has 8 heteroatoms. The maximum Gasteiger partial charge on any atom is 0.325 e. The number of nitrogens with one attached hydrogen (secondary N) is 2. The first kappa shape index (κ1) is 20.3. The van der Waals surface area contributed by atoms with E-state index in [0.717, 1.165) is 35.6 Å². The minimum Gasteiger partial charge on any atom is -0.465 e. The Balaban J connectivity index is 1.70. The second kappa shape index (κ2) is 8.81. The number of benzene rings is 1. The summed E-state index contributed by atoms with van der Waals surface area (Å²) in [5, 5.41) is 0. The van der Waals surface area contributed by atoms with E-state index in [1.165, 1.54) is 12.1 Å². The lowest BCUT2D eigenvalue weighted by atomic mass is 9.94. The lowest BCUT2D eigenvalue weighted by Crippen LogP contribution is -2.56. The van der Waals surface area contributed by atoms with Crippen molar-refractivity contribution in [2.45, 2.75) is 19.0 Å². The summed E-state index contributed by atoms with van der Waals surface area (Å²) in [5.74, 6) is 0.436. The number of carbonyl (C=O) groups excluding carboxylic acids is 1. The highest BCUT2D eigenvalue weighted by Gasteiger charge is 2.36. The van der Waals surface area contributed by atoms with Gasteiger partial charge in [-0.2, -0.15) is 0 Å². The molecule has 0 radical (unpaired) electrons. The molecule has 2 N–H and O–H groups in total. The number of rotatable bonds is 5. The van der Waals surface area contributed by atoms with Gasteiger partial charge in [0, 0.05) is 37.6 Å². The van der Waals surface area contributed by atoms with Gasteiger partial charge in [0.05, 0.1) is 12.6 Å². The first-order valence-corrected chi connectivity index (χ1v) is 10.1. The van der Waals surface area contributed by atoms with Crippen LogP contribution in [-0.2, 0) is 9.53 Å². The van der Waals surface area contributed by atoms with Crippen molar-refractivity contribution in [3.8, 4) is 0 Å². The molecule has 30 heavy (non-hydrogen) atoms. The second-order valence-electron chi connectivity index (χ2n) is 7.45. The van der Waals surface area contributed by atoms with Crippen LogP contribution in [0, 0.1) is 5.82 Å². The summed E-state index contributed by atoms with van der Waals surface area (Å²) in [7, 11) is 1.94. The van der Waals surface area contributed by atoms with Crippen LogP contribution < -0.4 is 10.9 Å². The van der Waals surface area contributed by atoms with E-state index in [2.05, 4.69) is 20.7 Å². The van der Waals surface area contributed by atoms with Crippen molar-refractivity contribution in [3.05, 3.63) is 71.6 Å². The summed E-state index contributed by atoms with van der Waals surface area (Å²) in [5.41, 5.74) is 9.64. The van der Waals surface area contributed by atoms with E-state index in [9.17, 15) is 9.18 Å². The van der Waals surface area contributed by atoms with E-state index in [4.69, 9.17) is 4.74 Å². The number of ether oxygens (including phenoxy) is 1. The molecule has 3 heterocycles. The highest BCUT2D eigenvalue weighted by Crippen LogP contribution is 2.36. The van der Waals surface area contributed by atoms with Crippen LogP contribution in [0.4, 0.5) is 4.39 Å². The highest BCUT2D eigenvalue weighted by atomic mass is 19.1. The summed E-state index contributed by atoms with van der Waals surface area (Å²) in [4.78, 5) is 20.8. The molecule has 0 saturated carbocycles. The number of pyridine rings is 1. The zero-order valence-electron chi connectivity index (χ0n) is 17.1. The Bertz CT molecular complexity index is 919. The first-order chi connectivity index (χ1) is 14.6. The fourth-order valence-corrected chi connectivity index (χ4v) is 3.98. The largest absolute Gasteiger partial charge is 0.465 e. The molecule has 1 saturated heterocycles. The average Bonchev–Trinajstić information content (AvgIpc) is 3.20. The van der Waals surface area contributed by atoms with Gasteiger partial charge in [-0.15, -0.1) is 0 Å².